The topological polar surface area (TPSA) is 43.7 Å². The fourth-order valence-electron chi connectivity index (χ4n) is 3.67. The molecule has 2 heterocycles. The molecule has 1 aliphatic heterocycles. The van der Waals surface area contributed by atoms with Gasteiger partial charge < -0.3 is 14.0 Å². The minimum atomic E-state index is -0.238. The third-order valence-corrected chi connectivity index (χ3v) is 5.18. The Labute approximate surface area is 148 Å². The molecule has 2 aromatic rings. The van der Waals surface area contributed by atoms with Crippen LogP contribution in [0.1, 0.15) is 41.7 Å². The fraction of sp³-hybridized carbons (Fsp3) is 0.550. The van der Waals surface area contributed by atoms with E-state index in [0.717, 1.165) is 44.8 Å². The SMILES string of the molecule is CCOC(=O)c1ccc2c(c1)cc(C1CC1)n2CCN1CCOCC1. The quantitative estimate of drug-likeness (QED) is 0.757. The summed E-state index contributed by atoms with van der Waals surface area (Å²) in [4.78, 5) is 14.5. The van der Waals surface area contributed by atoms with Crippen LogP contribution < -0.4 is 0 Å². The van der Waals surface area contributed by atoms with Crippen molar-refractivity contribution in [2.45, 2.75) is 32.2 Å². The Balaban J connectivity index is 1.59. The van der Waals surface area contributed by atoms with Gasteiger partial charge in [-0.05, 0) is 49.9 Å². The first-order valence-electron chi connectivity index (χ1n) is 9.36. The molecule has 2 fully saturated rings. The lowest BCUT2D eigenvalue weighted by molar-refractivity contribution is 0.0364. The summed E-state index contributed by atoms with van der Waals surface area (Å²) in [6.45, 7) is 8.00. The normalized spacial score (nSPS) is 18.6. The number of benzene rings is 1. The summed E-state index contributed by atoms with van der Waals surface area (Å²) in [5, 5.41) is 1.15. The second kappa shape index (κ2) is 7.18. The van der Waals surface area contributed by atoms with Crippen molar-refractivity contribution in [2.75, 3.05) is 39.5 Å². The first-order chi connectivity index (χ1) is 12.3. The molecule has 0 unspecified atom stereocenters. The van der Waals surface area contributed by atoms with E-state index in [9.17, 15) is 4.79 Å². The van der Waals surface area contributed by atoms with Crippen molar-refractivity contribution < 1.29 is 14.3 Å². The standard InChI is InChI=1S/C20H26N2O3/c1-2-25-20(23)16-5-6-18-17(13-16)14-19(15-3-4-15)22(18)8-7-21-9-11-24-12-10-21/h5-6,13-15H,2-4,7-12H2,1H3. The number of fused-ring (bicyclic) bond motifs is 1. The molecule has 25 heavy (non-hydrogen) atoms. The Bertz CT molecular complexity index is 758. The maximum Gasteiger partial charge on any atom is 0.338 e. The number of hydrogen-bond donors (Lipinski definition) is 0. The predicted octanol–water partition coefficient (Wildman–Crippen LogP) is 3.03. The molecule has 0 N–H and O–H groups in total. The highest BCUT2D eigenvalue weighted by atomic mass is 16.5. The Morgan fingerprint density at radius 2 is 2.00 bits per heavy atom. The molecule has 4 rings (SSSR count). The van der Waals surface area contributed by atoms with Gasteiger partial charge in [0.2, 0.25) is 0 Å². The van der Waals surface area contributed by atoms with Gasteiger partial charge in [-0.25, -0.2) is 4.79 Å². The maximum atomic E-state index is 12.0. The van der Waals surface area contributed by atoms with Gasteiger partial charge >= 0.3 is 5.97 Å². The molecule has 1 aromatic carbocycles. The predicted molar refractivity (Wildman–Crippen MR) is 97.1 cm³/mol. The van der Waals surface area contributed by atoms with E-state index in [1.807, 2.05) is 19.1 Å². The van der Waals surface area contributed by atoms with E-state index >= 15 is 0 Å². The Hall–Kier alpha value is -1.85. The summed E-state index contributed by atoms with van der Waals surface area (Å²) in [5.41, 5.74) is 3.29. The van der Waals surface area contributed by atoms with Crippen molar-refractivity contribution in [1.29, 1.82) is 0 Å². The lowest BCUT2D eigenvalue weighted by Crippen LogP contribution is -2.38. The van der Waals surface area contributed by atoms with E-state index in [1.165, 1.54) is 24.1 Å². The largest absolute Gasteiger partial charge is 0.462 e. The van der Waals surface area contributed by atoms with Crippen LogP contribution in [0.2, 0.25) is 0 Å². The van der Waals surface area contributed by atoms with Gasteiger partial charge in [0.1, 0.15) is 0 Å². The molecule has 1 aliphatic carbocycles. The van der Waals surface area contributed by atoms with Crippen LogP contribution in [-0.2, 0) is 16.0 Å². The molecule has 1 saturated heterocycles. The van der Waals surface area contributed by atoms with Gasteiger partial charge in [0.15, 0.2) is 0 Å². The molecular weight excluding hydrogens is 316 g/mol. The van der Waals surface area contributed by atoms with E-state index in [0.29, 0.717) is 18.1 Å². The number of morpholine rings is 1. The van der Waals surface area contributed by atoms with Crippen molar-refractivity contribution in [3.8, 4) is 0 Å². The molecule has 1 saturated carbocycles. The fourth-order valence-corrected chi connectivity index (χ4v) is 3.67. The molecule has 0 radical (unpaired) electrons. The van der Waals surface area contributed by atoms with Gasteiger partial charge in [-0.3, -0.25) is 4.90 Å². The molecule has 0 atom stereocenters. The van der Waals surface area contributed by atoms with Crippen molar-refractivity contribution in [2.24, 2.45) is 0 Å². The highest BCUT2D eigenvalue weighted by molar-refractivity contribution is 5.95. The van der Waals surface area contributed by atoms with Gasteiger partial charge in [-0.15, -0.1) is 0 Å². The summed E-state index contributed by atoms with van der Waals surface area (Å²) in [6.07, 6.45) is 2.55. The summed E-state index contributed by atoms with van der Waals surface area (Å²) in [5.74, 6) is 0.446. The van der Waals surface area contributed by atoms with Crippen molar-refractivity contribution >= 4 is 16.9 Å². The van der Waals surface area contributed by atoms with Gasteiger partial charge in [-0.1, -0.05) is 0 Å². The summed E-state index contributed by atoms with van der Waals surface area (Å²) >= 11 is 0. The minimum Gasteiger partial charge on any atom is -0.462 e. The Morgan fingerprint density at radius 1 is 1.20 bits per heavy atom. The highest BCUT2D eigenvalue weighted by Crippen LogP contribution is 2.42. The lowest BCUT2D eigenvalue weighted by Gasteiger charge is -2.27. The van der Waals surface area contributed by atoms with Crippen LogP contribution in [0.4, 0.5) is 0 Å². The van der Waals surface area contributed by atoms with Crippen molar-refractivity contribution in [1.82, 2.24) is 9.47 Å². The van der Waals surface area contributed by atoms with Gasteiger partial charge in [0, 0.05) is 42.8 Å². The summed E-state index contributed by atoms with van der Waals surface area (Å²) in [6, 6.07) is 8.22. The zero-order chi connectivity index (χ0) is 17.2. The molecule has 5 nitrogen and oxygen atoms in total. The van der Waals surface area contributed by atoms with Crippen LogP contribution in [-0.4, -0.2) is 54.9 Å². The second-order valence-corrected chi connectivity index (χ2v) is 6.94. The molecule has 134 valence electrons. The Morgan fingerprint density at radius 3 is 2.72 bits per heavy atom. The van der Waals surface area contributed by atoms with Crippen LogP contribution in [0, 0.1) is 0 Å². The van der Waals surface area contributed by atoms with E-state index in [-0.39, 0.29) is 5.97 Å². The first kappa shape index (κ1) is 16.6. The minimum absolute atomic E-state index is 0.238. The zero-order valence-electron chi connectivity index (χ0n) is 14.9. The number of carbonyl (C=O) groups excluding carboxylic acids is 1. The van der Waals surface area contributed by atoms with Crippen LogP contribution >= 0.6 is 0 Å². The number of aromatic nitrogens is 1. The van der Waals surface area contributed by atoms with E-state index in [2.05, 4.69) is 21.6 Å². The molecule has 0 bridgehead atoms. The van der Waals surface area contributed by atoms with E-state index in [1.54, 1.807) is 0 Å². The van der Waals surface area contributed by atoms with Crippen molar-refractivity contribution in [3.63, 3.8) is 0 Å². The molecule has 1 aromatic heterocycles. The van der Waals surface area contributed by atoms with Crippen molar-refractivity contribution in [3.05, 3.63) is 35.5 Å². The van der Waals surface area contributed by atoms with Crippen LogP contribution in [0.25, 0.3) is 10.9 Å². The lowest BCUT2D eigenvalue weighted by atomic mass is 10.1. The molecule has 5 heteroatoms. The first-order valence-corrected chi connectivity index (χ1v) is 9.36. The highest BCUT2D eigenvalue weighted by Gasteiger charge is 2.28. The monoisotopic (exact) mass is 342 g/mol. The van der Waals surface area contributed by atoms with Gasteiger partial charge in [-0.2, -0.15) is 0 Å². The van der Waals surface area contributed by atoms with E-state index in [4.69, 9.17) is 9.47 Å². The Kier molecular flexibility index (Phi) is 4.77. The number of carbonyl (C=O) groups is 1. The van der Waals surface area contributed by atoms with Gasteiger partial charge in [0.05, 0.1) is 25.4 Å². The van der Waals surface area contributed by atoms with Crippen LogP contribution in [0.5, 0.6) is 0 Å². The average Bonchev–Trinajstić information content (AvgIpc) is 3.42. The third-order valence-electron chi connectivity index (χ3n) is 5.18. The van der Waals surface area contributed by atoms with Crippen LogP contribution in [0.3, 0.4) is 0 Å². The second-order valence-electron chi connectivity index (χ2n) is 6.94. The average molecular weight is 342 g/mol. The molecule has 2 aliphatic rings. The summed E-state index contributed by atoms with van der Waals surface area (Å²) < 4.78 is 13.0. The van der Waals surface area contributed by atoms with E-state index < -0.39 is 0 Å². The number of esters is 1. The maximum absolute atomic E-state index is 12.0. The third kappa shape index (κ3) is 3.58. The van der Waals surface area contributed by atoms with Gasteiger partial charge in [0.25, 0.3) is 0 Å². The molecular formula is C20H26N2O3. The molecule has 0 amide bonds. The van der Waals surface area contributed by atoms with Crippen LogP contribution in [0.15, 0.2) is 24.3 Å². The summed E-state index contributed by atoms with van der Waals surface area (Å²) in [7, 11) is 0. The number of rotatable bonds is 6. The zero-order valence-corrected chi connectivity index (χ0v) is 14.9. The smallest absolute Gasteiger partial charge is 0.338 e. The number of hydrogen-bond acceptors (Lipinski definition) is 4. The number of nitrogens with zero attached hydrogens (tertiary/aromatic N) is 2. The number of ether oxygens (including phenoxy) is 2. The molecule has 0 spiro atoms.